The predicted molar refractivity (Wildman–Crippen MR) is 114 cm³/mol. The number of amides is 1. The van der Waals surface area contributed by atoms with Crippen LogP contribution in [-0.2, 0) is 11.2 Å². The van der Waals surface area contributed by atoms with Gasteiger partial charge in [-0.1, -0.05) is 41.9 Å². The zero-order chi connectivity index (χ0) is 20.2. The fraction of sp³-hybridized carbons (Fsp3) is 0.273. The van der Waals surface area contributed by atoms with E-state index in [-0.39, 0.29) is 11.9 Å². The van der Waals surface area contributed by atoms with E-state index in [9.17, 15) is 4.79 Å². The number of halogens is 1. The maximum absolute atomic E-state index is 12.5. The lowest BCUT2D eigenvalue weighted by molar-refractivity contribution is -0.121. The second-order valence-electron chi connectivity index (χ2n) is 7.13. The van der Waals surface area contributed by atoms with Crippen LogP contribution < -0.4 is 15.0 Å². The third-order valence-electron chi connectivity index (χ3n) is 5.14. The minimum atomic E-state index is 0.00484. The molecule has 1 aliphatic heterocycles. The molecule has 1 saturated heterocycles. The molecule has 6 nitrogen and oxygen atoms in total. The Morgan fingerprint density at radius 2 is 2.07 bits per heavy atom. The second kappa shape index (κ2) is 8.57. The lowest BCUT2D eigenvalue weighted by Crippen LogP contribution is -2.38. The summed E-state index contributed by atoms with van der Waals surface area (Å²) in [5.74, 6) is 1.63. The van der Waals surface area contributed by atoms with Gasteiger partial charge < -0.3 is 15.0 Å². The normalized spacial score (nSPS) is 16.1. The molecule has 4 rings (SSSR count). The number of nitrogens with zero attached hydrogens (tertiary/aromatic N) is 2. The van der Waals surface area contributed by atoms with Crippen molar-refractivity contribution < 1.29 is 9.53 Å². The van der Waals surface area contributed by atoms with Crippen molar-refractivity contribution in [2.45, 2.75) is 18.9 Å². The zero-order valence-corrected chi connectivity index (χ0v) is 16.9. The number of methoxy groups -OCH3 is 1. The van der Waals surface area contributed by atoms with Crippen LogP contribution in [0.4, 0.5) is 5.82 Å². The molecular formula is C22H23ClN4O2. The van der Waals surface area contributed by atoms with Gasteiger partial charge in [0, 0.05) is 35.8 Å². The van der Waals surface area contributed by atoms with Crippen molar-refractivity contribution in [2.24, 2.45) is 0 Å². The summed E-state index contributed by atoms with van der Waals surface area (Å²) in [7, 11) is 1.62. The number of nitrogens with one attached hydrogen (secondary N) is 2. The van der Waals surface area contributed by atoms with Gasteiger partial charge in [-0.25, -0.2) is 0 Å². The van der Waals surface area contributed by atoms with Crippen molar-refractivity contribution in [1.82, 2.24) is 15.5 Å². The molecule has 2 N–H and O–H groups in total. The Balaban J connectivity index is 1.34. The standard InChI is InChI=1S/C22H23ClN4O2/c1-29-20-5-3-2-4-16(20)12-22(28)24-18-10-11-27(14-18)21-13-19(25-26-21)15-6-8-17(23)9-7-15/h2-9,13,18H,10-12,14H2,1H3,(H,24,28)(H,25,26). The van der Waals surface area contributed by atoms with E-state index < -0.39 is 0 Å². The first-order valence-electron chi connectivity index (χ1n) is 9.60. The zero-order valence-electron chi connectivity index (χ0n) is 16.2. The number of hydrogen-bond acceptors (Lipinski definition) is 4. The van der Waals surface area contributed by atoms with Crippen molar-refractivity contribution in [2.75, 3.05) is 25.1 Å². The van der Waals surface area contributed by atoms with Crippen molar-refractivity contribution >= 4 is 23.3 Å². The molecule has 2 aromatic carbocycles. The van der Waals surface area contributed by atoms with E-state index >= 15 is 0 Å². The molecule has 0 aliphatic carbocycles. The Kier molecular flexibility index (Phi) is 5.71. The first-order valence-corrected chi connectivity index (χ1v) is 9.98. The summed E-state index contributed by atoms with van der Waals surface area (Å²) < 4.78 is 5.33. The van der Waals surface area contributed by atoms with Crippen molar-refractivity contribution in [3.8, 4) is 17.0 Å². The van der Waals surface area contributed by atoms with Gasteiger partial charge in [0.05, 0.1) is 19.2 Å². The third kappa shape index (κ3) is 4.54. The molecule has 1 aliphatic rings. The maximum Gasteiger partial charge on any atom is 0.224 e. The summed E-state index contributed by atoms with van der Waals surface area (Å²) in [6, 6.07) is 17.4. The van der Waals surface area contributed by atoms with Crippen molar-refractivity contribution in [3.05, 3.63) is 65.2 Å². The highest BCUT2D eigenvalue weighted by Crippen LogP contribution is 2.25. The molecule has 3 aromatic rings. The van der Waals surface area contributed by atoms with Gasteiger partial charge in [-0.05, 0) is 30.2 Å². The number of aromatic amines is 1. The minimum absolute atomic E-state index is 0.00484. The number of aromatic nitrogens is 2. The predicted octanol–water partition coefficient (Wildman–Crippen LogP) is 3.68. The highest BCUT2D eigenvalue weighted by Gasteiger charge is 2.26. The van der Waals surface area contributed by atoms with Gasteiger partial charge in [0.1, 0.15) is 5.75 Å². The molecule has 1 atom stereocenters. The van der Waals surface area contributed by atoms with E-state index in [0.717, 1.165) is 47.9 Å². The van der Waals surface area contributed by atoms with Crippen LogP contribution in [0.5, 0.6) is 5.75 Å². The average Bonchev–Trinajstić information content (AvgIpc) is 3.38. The third-order valence-corrected chi connectivity index (χ3v) is 5.39. The Morgan fingerprint density at radius 1 is 1.28 bits per heavy atom. The number of anilines is 1. The van der Waals surface area contributed by atoms with Crippen LogP contribution in [0.2, 0.25) is 5.02 Å². The molecule has 29 heavy (non-hydrogen) atoms. The summed E-state index contributed by atoms with van der Waals surface area (Å²) >= 11 is 5.96. The lowest BCUT2D eigenvalue weighted by Gasteiger charge is -2.16. The summed E-state index contributed by atoms with van der Waals surface area (Å²) in [6.45, 7) is 1.59. The number of carbonyl (C=O) groups is 1. The van der Waals surface area contributed by atoms with Crippen LogP contribution in [0.25, 0.3) is 11.3 Å². The quantitative estimate of drug-likeness (QED) is 0.650. The number of H-pyrrole nitrogens is 1. The molecule has 7 heteroatoms. The molecule has 1 fully saturated rings. The number of rotatable bonds is 6. The summed E-state index contributed by atoms with van der Waals surface area (Å²) in [6.07, 6.45) is 1.20. The van der Waals surface area contributed by atoms with Gasteiger partial charge in [0.15, 0.2) is 5.82 Å². The molecule has 0 bridgehead atoms. The fourth-order valence-electron chi connectivity index (χ4n) is 3.64. The summed E-state index contributed by atoms with van der Waals surface area (Å²) in [5.41, 5.74) is 2.87. The average molecular weight is 411 g/mol. The van der Waals surface area contributed by atoms with Gasteiger partial charge in [-0.2, -0.15) is 5.10 Å². The van der Waals surface area contributed by atoms with Crippen LogP contribution >= 0.6 is 11.6 Å². The lowest BCUT2D eigenvalue weighted by atomic mass is 10.1. The SMILES string of the molecule is COc1ccccc1CC(=O)NC1CCN(c2cc(-c3ccc(Cl)cc3)[nH]n2)C1. The Bertz CT molecular complexity index is 986. The molecule has 1 aromatic heterocycles. The first kappa shape index (κ1) is 19.3. The first-order chi connectivity index (χ1) is 14.1. The second-order valence-corrected chi connectivity index (χ2v) is 7.57. The smallest absolute Gasteiger partial charge is 0.224 e. The number of hydrogen-bond donors (Lipinski definition) is 2. The topological polar surface area (TPSA) is 70.2 Å². The maximum atomic E-state index is 12.5. The highest BCUT2D eigenvalue weighted by atomic mass is 35.5. The fourth-order valence-corrected chi connectivity index (χ4v) is 3.76. The van der Waals surface area contributed by atoms with Crippen LogP contribution in [-0.4, -0.2) is 42.3 Å². The van der Waals surface area contributed by atoms with E-state index in [0.29, 0.717) is 11.4 Å². The molecule has 0 radical (unpaired) electrons. The largest absolute Gasteiger partial charge is 0.496 e. The van der Waals surface area contributed by atoms with Crippen LogP contribution in [0.15, 0.2) is 54.6 Å². The number of ether oxygens (including phenoxy) is 1. The summed E-state index contributed by atoms with van der Waals surface area (Å²) in [5, 5.41) is 11.4. The molecule has 2 heterocycles. The number of para-hydroxylation sites is 1. The van der Waals surface area contributed by atoms with E-state index in [1.807, 2.05) is 54.6 Å². The molecule has 0 saturated carbocycles. The minimum Gasteiger partial charge on any atom is -0.496 e. The number of carbonyl (C=O) groups excluding carboxylic acids is 1. The van der Waals surface area contributed by atoms with E-state index in [2.05, 4.69) is 20.4 Å². The van der Waals surface area contributed by atoms with Gasteiger partial charge in [-0.3, -0.25) is 9.89 Å². The summed E-state index contributed by atoms with van der Waals surface area (Å²) in [4.78, 5) is 14.7. The van der Waals surface area contributed by atoms with E-state index in [1.165, 1.54) is 0 Å². The van der Waals surface area contributed by atoms with Gasteiger partial charge in [0.25, 0.3) is 0 Å². The van der Waals surface area contributed by atoms with E-state index in [4.69, 9.17) is 16.3 Å². The highest BCUT2D eigenvalue weighted by molar-refractivity contribution is 6.30. The van der Waals surface area contributed by atoms with Gasteiger partial charge in [0.2, 0.25) is 5.91 Å². The van der Waals surface area contributed by atoms with Crippen molar-refractivity contribution in [1.29, 1.82) is 0 Å². The Labute approximate surface area is 174 Å². The molecule has 1 unspecified atom stereocenters. The monoisotopic (exact) mass is 410 g/mol. The van der Waals surface area contributed by atoms with Crippen LogP contribution in [0.1, 0.15) is 12.0 Å². The molecular weight excluding hydrogens is 388 g/mol. The Morgan fingerprint density at radius 3 is 2.86 bits per heavy atom. The van der Waals surface area contributed by atoms with Crippen molar-refractivity contribution in [3.63, 3.8) is 0 Å². The van der Waals surface area contributed by atoms with Gasteiger partial charge >= 0.3 is 0 Å². The van der Waals surface area contributed by atoms with Gasteiger partial charge in [-0.15, -0.1) is 0 Å². The molecule has 0 spiro atoms. The Hall–Kier alpha value is -2.99. The number of benzene rings is 2. The molecule has 150 valence electrons. The molecule has 1 amide bonds. The van der Waals surface area contributed by atoms with Crippen LogP contribution in [0, 0.1) is 0 Å². The van der Waals surface area contributed by atoms with Crippen LogP contribution in [0.3, 0.4) is 0 Å². The van der Waals surface area contributed by atoms with E-state index in [1.54, 1.807) is 7.11 Å².